The molecule has 0 heterocycles. The highest BCUT2D eigenvalue weighted by atomic mass is 16.6. The van der Waals surface area contributed by atoms with E-state index in [0.29, 0.717) is 19.3 Å². The number of hydrogen-bond acceptors (Lipinski definition) is 6. The second-order valence-corrected chi connectivity index (χ2v) is 16.7. The van der Waals surface area contributed by atoms with Gasteiger partial charge in [0.05, 0.1) is 0 Å². The zero-order valence-corrected chi connectivity index (χ0v) is 42.1. The number of unbranched alkanes of at least 4 members (excludes halogenated alkanes) is 12. The molecule has 0 aromatic rings. The van der Waals surface area contributed by atoms with Crippen LogP contribution in [0.4, 0.5) is 0 Å². The van der Waals surface area contributed by atoms with Crippen LogP contribution in [0.5, 0.6) is 0 Å². The van der Waals surface area contributed by atoms with Crippen molar-refractivity contribution in [2.75, 3.05) is 13.2 Å². The van der Waals surface area contributed by atoms with Gasteiger partial charge < -0.3 is 14.2 Å². The van der Waals surface area contributed by atoms with Gasteiger partial charge in [-0.25, -0.2) is 0 Å². The molecule has 0 bridgehead atoms. The van der Waals surface area contributed by atoms with Crippen molar-refractivity contribution in [3.63, 3.8) is 0 Å². The Hall–Kier alpha value is -4.45. The van der Waals surface area contributed by atoms with Crippen LogP contribution in [0.15, 0.2) is 134 Å². The van der Waals surface area contributed by atoms with Crippen molar-refractivity contribution < 1.29 is 28.6 Å². The molecule has 0 radical (unpaired) electrons. The van der Waals surface area contributed by atoms with Gasteiger partial charge in [0.15, 0.2) is 6.10 Å². The summed E-state index contributed by atoms with van der Waals surface area (Å²) in [5.74, 6) is -0.983. The fourth-order valence-corrected chi connectivity index (χ4v) is 6.53. The highest BCUT2D eigenvalue weighted by molar-refractivity contribution is 5.71. The van der Waals surface area contributed by atoms with Gasteiger partial charge in [-0.1, -0.05) is 206 Å². The summed E-state index contributed by atoms with van der Waals surface area (Å²) in [5, 5.41) is 0. The van der Waals surface area contributed by atoms with E-state index >= 15 is 0 Å². The van der Waals surface area contributed by atoms with Gasteiger partial charge in [-0.2, -0.15) is 0 Å². The van der Waals surface area contributed by atoms with Crippen molar-refractivity contribution in [3.05, 3.63) is 134 Å². The Morgan fingerprint density at radius 3 is 0.939 bits per heavy atom. The Labute approximate surface area is 405 Å². The van der Waals surface area contributed by atoms with Crippen LogP contribution in [0.2, 0.25) is 0 Å². The highest BCUT2D eigenvalue weighted by Gasteiger charge is 2.19. The number of carbonyl (C=O) groups is 3. The Balaban J connectivity index is 4.35. The van der Waals surface area contributed by atoms with E-state index in [4.69, 9.17) is 14.2 Å². The number of esters is 3. The van der Waals surface area contributed by atoms with Gasteiger partial charge in [-0.3, -0.25) is 14.4 Å². The molecule has 0 amide bonds. The first kappa shape index (κ1) is 61.5. The molecule has 370 valence electrons. The summed E-state index contributed by atoms with van der Waals surface area (Å²) < 4.78 is 16.7. The summed E-state index contributed by atoms with van der Waals surface area (Å²) in [5.41, 5.74) is 0. The van der Waals surface area contributed by atoms with Gasteiger partial charge >= 0.3 is 17.9 Å². The lowest BCUT2D eigenvalue weighted by atomic mass is 10.1. The molecule has 6 nitrogen and oxygen atoms in total. The minimum atomic E-state index is -0.808. The van der Waals surface area contributed by atoms with Gasteiger partial charge in [-0.15, -0.1) is 0 Å². The van der Waals surface area contributed by atoms with Gasteiger partial charge in [0.1, 0.15) is 13.2 Å². The van der Waals surface area contributed by atoms with Crippen LogP contribution in [0.25, 0.3) is 0 Å². The van der Waals surface area contributed by atoms with Gasteiger partial charge in [0.25, 0.3) is 0 Å². The number of ether oxygens (including phenoxy) is 3. The Kier molecular flexibility index (Phi) is 49.6. The summed E-state index contributed by atoms with van der Waals surface area (Å²) in [6.07, 6.45) is 74.6. The summed E-state index contributed by atoms with van der Waals surface area (Å²) in [4.78, 5) is 37.8. The predicted molar refractivity (Wildman–Crippen MR) is 283 cm³/mol. The molecule has 0 spiro atoms. The monoisotopic (exact) mass is 911 g/mol. The molecule has 0 saturated carbocycles. The molecule has 0 aromatic carbocycles. The number of allylic oxidation sites excluding steroid dienone is 22. The lowest BCUT2D eigenvalue weighted by Gasteiger charge is -2.18. The molecular formula is C60H94O6. The number of carbonyl (C=O) groups excluding carboxylic acids is 3. The van der Waals surface area contributed by atoms with E-state index in [0.717, 1.165) is 141 Å². The zero-order chi connectivity index (χ0) is 47.9. The number of rotatable bonds is 45. The predicted octanol–water partition coefficient (Wildman–Crippen LogP) is 17.5. The Bertz CT molecular complexity index is 1460. The zero-order valence-electron chi connectivity index (χ0n) is 42.1. The van der Waals surface area contributed by atoms with E-state index < -0.39 is 6.10 Å². The fourth-order valence-electron chi connectivity index (χ4n) is 6.53. The molecule has 0 aliphatic heterocycles. The molecule has 66 heavy (non-hydrogen) atoms. The summed E-state index contributed by atoms with van der Waals surface area (Å²) in [7, 11) is 0. The minimum absolute atomic E-state index is 0.105. The third-order valence-electron chi connectivity index (χ3n) is 10.4. The van der Waals surface area contributed by atoms with Gasteiger partial charge in [-0.05, 0) is 116 Å². The Morgan fingerprint density at radius 2 is 0.591 bits per heavy atom. The van der Waals surface area contributed by atoms with Gasteiger partial charge in [0.2, 0.25) is 0 Å². The normalized spacial score (nSPS) is 13.2. The van der Waals surface area contributed by atoms with Crippen LogP contribution >= 0.6 is 0 Å². The largest absolute Gasteiger partial charge is 0.462 e. The maximum absolute atomic E-state index is 12.8. The minimum Gasteiger partial charge on any atom is -0.462 e. The van der Waals surface area contributed by atoms with Crippen LogP contribution in [-0.4, -0.2) is 37.2 Å². The van der Waals surface area contributed by atoms with Crippen molar-refractivity contribution in [2.45, 2.75) is 213 Å². The van der Waals surface area contributed by atoms with Crippen molar-refractivity contribution in [1.82, 2.24) is 0 Å². The molecule has 0 N–H and O–H groups in total. The van der Waals surface area contributed by atoms with E-state index in [1.165, 1.54) is 19.3 Å². The van der Waals surface area contributed by atoms with E-state index in [1.807, 2.05) is 0 Å². The molecule has 0 saturated heterocycles. The maximum atomic E-state index is 12.8. The SMILES string of the molecule is CC/C=C\C/C=C\C/C=C\C/C=C\C/C=C\C/C=C\CCCCCCC(=O)OCC(COC(=O)CCCCCCCC)OC(=O)CCCCC/C=C\C/C=C\C/C=C\C/C=C\C/C=C\CC. The second-order valence-electron chi connectivity index (χ2n) is 16.7. The molecule has 0 aliphatic rings. The van der Waals surface area contributed by atoms with Gasteiger partial charge in [0, 0.05) is 19.3 Å². The molecule has 0 aromatic heterocycles. The van der Waals surface area contributed by atoms with E-state index in [2.05, 4.69) is 154 Å². The van der Waals surface area contributed by atoms with Crippen LogP contribution < -0.4 is 0 Å². The third kappa shape index (κ3) is 50.5. The van der Waals surface area contributed by atoms with Crippen molar-refractivity contribution >= 4 is 17.9 Å². The van der Waals surface area contributed by atoms with Crippen LogP contribution in [0, 0.1) is 0 Å². The average Bonchev–Trinajstić information content (AvgIpc) is 3.31. The molecule has 1 unspecified atom stereocenters. The van der Waals surface area contributed by atoms with Crippen molar-refractivity contribution in [1.29, 1.82) is 0 Å². The van der Waals surface area contributed by atoms with E-state index in [9.17, 15) is 14.4 Å². The lowest BCUT2D eigenvalue weighted by molar-refractivity contribution is -0.167. The molecule has 6 heteroatoms. The fraction of sp³-hybridized carbons (Fsp3) is 0.583. The molecule has 0 aliphatic carbocycles. The van der Waals surface area contributed by atoms with Crippen molar-refractivity contribution in [3.8, 4) is 0 Å². The number of hydrogen-bond donors (Lipinski definition) is 0. The first-order valence-corrected chi connectivity index (χ1v) is 26.2. The topological polar surface area (TPSA) is 78.9 Å². The maximum Gasteiger partial charge on any atom is 0.306 e. The summed E-state index contributed by atoms with van der Waals surface area (Å²) >= 11 is 0. The van der Waals surface area contributed by atoms with E-state index in [-0.39, 0.29) is 37.5 Å². The standard InChI is InChI=1S/C60H94O6/c1-4-7-10-13-16-18-20-22-24-26-28-29-30-31-33-34-36-38-40-42-44-47-50-53-59(62)65-56-57(55-64-58(61)52-49-46-15-12-9-6-3)66-60(63)54-51-48-45-43-41-39-37-35-32-27-25-23-21-19-17-14-11-8-5-2/h7-8,10-11,16-19,22-25,28-29,31-33,35-36,38-39,41,57H,4-6,9,12-15,20-21,26-27,30,34,37,40,42-56H2,1-3H3/b10-7-,11-8-,18-16-,19-17-,24-22-,25-23-,29-28-,33-31-,35-32-,38-36-,41-39-. The Morgan fingerprint density at radius 1 is 0.318 bits per heavy atom. The summed E-state index contributed by atoms with van der Waals surface area (Å²) in [6, 6.07) is 0. The lowest BCUT2D eigenvalue weighted by Crippen LogP contribution is -2.30. The average molecular weight is 911 g/mol. The molecule has 0 fully saturated rings. The molecule has 1 atom stereocenters. The van der Waals surface area contributed by atoms with Crippen LogP contribution in [-0.2, 0) is 28.6 Å². The first-order valence-electron chi connectivity index (χ1n) is 26.2. The van der Waals surface area contributed by atoms with Crippen LogP contribution in [0.1, 0.15) is 207 Å². The smallest absolute Gasteiger partial charge is 0.306 e. The summed E-state index contributed by atoms with van der Waals surface area (Å²) in [6.45, 7) is 6.27. The van der Waals surface area contributed by atoms with Crippen molar-refractivity contribution in [2.24, 2.45) is 0 Å². The molecule has 0 rings (SSSR count). The van der Waals surface area contributed by atoms with E-state index in [1.54, 1.807) is 0 Å². The van der Waals surface area contributed by atoms with Crippen LogP contribution in [0.3, 0.4) is 0 Å². The second kappa shape index (κ2) is 53.2. The highest BCUT2D eigenvalue weighted by Crippen LogP contribution is 2.12. The quantitative estimate of drug-likeness (QED) is 0.0262. The first-order chi connectivity index (χ1) is 32.5. The third-order valence-corrected chi connectivity index (χ3v) is 10.4. The molecular weight excluding hydrogens is 817 g/mol.